The number of morpholine rings is 1. The number of amides is 1. The van der Waals surface area contributed by atoms with Crippen LogP contribution in [0.25, 0.3) is 32.9 Å². The second kappa shape index (κ2) is 12.7. The summed E-state index contributed by atoms with van der Waals surface area (Å²) < 4.78 is 43.1. The zero-order chi connectivity index (χ0) is 33.6. The van der Waals surface area contributed by atoms with Crippen LogP contribution in [0.4, 0.5) is 14.6 Å². The van der Waals surface area contributed by atoms with Crippen LogP contribution >= 0.6 is 0 Å². The molecule has 4 aromatic rings. The van der Waals surface area contributed by atoms with Crippen molar-refractivity contribution in [2.24, 2.45) is 0 Å². The lowest BCUT2D eigenvalue weighted by molar-refractivity contribution is -0.140. The number of nitrogens with zero attached hydrogens (tertiary/aromatic N) is 8. The molecule has 0 radical (unpaired) electrons. The van der Waals surface area contributed by atoms with E-state index in [1.807, 2.05) is 25.1 Å². The number of hydrogen-bond acceptors (Lipinski definition) is 10. The number of hydrogen-bond donors (Lipinski definition) is 0. The molecule has 3 aromatic heterocycles. The summed E-state index contributed by atoms with van der Waals surface area (Å²) in [6.07, 6.45) is 8.38. The summed E-state index contributed by atoms with van der Waals surface area (Å²) in [5.74, 6) is -1.09. The maximum absolute atomic E-state index is 16.7. The van der Waals surface area contributed by atoms with E-state index in [4.69, 9.17) is 9.47 Å². The number of rotatable bonds is 9. The third kappa shape index (κ3) is 5.90. The van der Waals surface area contributed by atoms with E-state index in [0.29, 0.717) is 41.2 Å². The highest BCUT2D eigenvalue weighted by Gasteiger charge is 2.38. The lowest BCUT2D eigenvalue weighted by atomic mass is 10.00. The Morgan fingerprint density at radius 1 is 1.21 bits per heavy atom. The number of alkyl halides is 1. The molecule has 3 aliphatic heterocycles. The van der Waals surface area contributed by atoms with Crippen molar-refractivity contribution in [3.8, 4) is 23.3 Å². The van der Waals surface area contributed by atoms with Crippen molar-refractivity contribution in [2.75, 3.05) is 44.3 Å². The molecule has 13 heteroatoms. The number of aromatic nitrogens is 4. The predicted octanol–water partition coefficient (Wildman–Crippen LogP) is 5.08. The highest BCUT2D eigenvalue weighted by Crippen LogP contribution is 2.36. The first-order valence-corrected chi connectivity index (χ1v) is 16.2. The number of allylic oxidation sites excluding steroid dienone is 1. The van der Waals surface area contributed by atoms with E-state index in [-0.39, 0.29) is 36.7 Å². The third-order valence-corrected chi connectivity index (χ3v) is 9.23. The minimum atomic E-state index is -2.13. The van der Waals surface area contributed by atoms with Crippen LogP contribution in [0, 0.1) is 24.1 Å². The zero-order valence-electron chi connectivity index (χ0n) is 27.1. The summed E-state index contributed by atoms with van der Waals surface area (Å²) in [6.45, 7) is 7.45. The highest BCUT2D eigenvalue weighted by molar-refractivity contribution is 6.00. The van der Waals surface area contributed by atoms with Gasteiger partial charge in [-0.05, 0) is 44.6 Å². The van der Waals surface area contributed by atoms with Crippen LogP contribution in [0.15, 0.2) is 48.7 Å². The van der Waals surface area contributed by atoms with E-state index in [0.717, 1.165) is 48.9 Å². The topological polar surface area (TPSA) is 121 Å². The third-order valence-electron chi connectivity index (χ3n) is 9.23. The van der Waals surface area contributed by atoms with Gasteiger partial charge in [0.15, 0.2) is 11.5 Å². The van der Waals surface area contributed by atoms with Gasteiger partial charge in [-0.3, -0.25) is 19.7 Å². The normalized spacial score (nSPS) is 19.6. The molecule has 0 aliphatic carbocycles. The fraction of sp³-hybridized carbons (Fsp3) is 0.429. The van der Waals surface area contributed by atoms with E-state index in [9.17, 15) is 14.4 Å². The van der Waals surface area contributed by atoms with Crippen LogP contribution < -0.4 is 9.64 Å². The van der Waals surface area contributed by atoms with Gasteiger partial charge in [-0.2, -0.15) is 15.2 Å². The molecule has 248 valence electrons. The van der Waals surface area contributed by atoms with Crippen molar-refractivity contribution in [1.82, 2.24) is 29.7 Å². The van der Waals surface area contributed by atoms with Gasteiger partial charge < -0.3 is 19.3 Å². The van der Waals surface area contributed by atoms with Crippen LogP contribution in [0.1, 0.15) is 38.7 Å². The van der Waals surface area contributed by atoms with Gasteiger partial charge in [-0.15, -0.1) is 0 Å². The Labute approximate surface area is 276 Å². The fourth-order valence-electron chi connectivity index (χ4n) is 6.89. The molecule has 0 N–H and O–H groups in total. The number of benzene rings is 1. The van der Waals surface area contributed by atoms with Crippen molar-refractivity contribution in [3.05, 3.63) is 60.1 Å². The van der Waals surface area contributed by atoms with Gasteiger partial charge in [0.1, 0.15) is 17.0 Å². The number of pyridine rings is 2. The van der Waals surface area contributed by atoms with E-state index in [2.05, 4.69) is 30.9 Å². The lowest BCUT2D eigenvalue weighted by Gasteiger charge is -2.36. The molecule has 0 spiro atoms. The Morgan fingerprint density at radius 2 is 2.06 bits per heavy atom. The number of halogens is 2. The molecule has 3 aliphatic rings. The minimum Gasteiger partial charge on any atom is -0.463 e. The molecule has 1 aromatic carbocycles. The average Bonchev–Trinajstić information content (AvgIpc) is 3.70. The SMILES string of the molecule is Cc1cccc2cncc(-c3ncc4c(N5C=C(CC#N)N(C(=O)C(C)(C)F)CC5)nc(OCCCN5C[C@@H]6C[C@H]5CO6)nc4c3F)c12. The maximum Gasteiger partial charge on any atom is 0.319 e. The van der Waals surface area contributed by atoms with Crippen LogP contribution in [-0.4, -0.2) is 92.9 Å². The van der Waals surface area contributed by atoms with Gasteiger partial charge in [-0.1, -0.05) is 18.2 Å². The van der Waals surface area contributed by atoms with Crippen molar-refractivity contribution in [3.63, 3.8) is 0 Å². The molecule has 0 unspecified atom stereocenters. The second-order valence-corrected chi connectivity index (χ2v) is 13.0. The van der Waals surface area contributed by atoms with E-state index in [1.165, 1.54) is 24.9 Å². The number of carbonyl (C=O) groups excluding carboxylic acids is 1. The van der Waals surface area contributed by atoms with Crippen LogP contribution in [0.5, 0.6) is 6.01 Å². The molecule has 2 bridgehead atoms. The summed E-state index contributed by atoms with van der Waals surface area (Å²) >= 11 is 0. The highest BCUT2D eigenvalue weighted by atomic mass is 19.1. The Hall–Kier alpha value is -4.80. The van der Waals surface area contributed by atoms with Crippen LogP contribution in [0.3, 0.4) is 0 Å². The van der Waals surface area contributed by atoms with Crippen molar-refractivity contribution in [1.29, 1.82) is 5.26 Å². The van der Waals surface area contributed by atoms with Crippen molar-refractivity contribution in [2.45, 2.75) is 57.8 Å². The van der Waals surface area contributed by atoms with Gasteiger partial charge >= 0.3 is 6.01 Å². The quantitative estimate of drug-likeness (QED) is 0.226. The smallest absolute Gasteiger partial charge is 0.319 e. The number of aryl methyl sites for hydroxylation is 1. The summed E-state index contributed by atoms with van der Waals surface area (Å²) in [7, 11) is 0. The summed E-state index contributed by atoms with van der Waals surface area (Å²) in [4.78, 5) is 36.4. The zero-order valence-corrected chi connectivity index (χ0v) is 27.1. The molecule has 11 nitrogen and oxygen atoms in total. The number of likely N-dealkylation sites (tertiary alicyclic amines) is 1. The predicted molar refractivity (Wildman–Crippen MR) is 175 cm³/mol. The molecule has 1 amide bonds. The van der Waals surface area contributed by atoms with E-state index < -0.39 is 17.4 Å². The first-order chi connectivity index (χ1) is 23.1. The summed E-state index contributed by atoms with van der Waals surface area (Å²) in [6, 6.07) is 8.29. The largest absolute Gasteiger partial charge is 0.463 e. The van der Waals surface area contributed by atoms with Gasteiger partial charge in [0.25, 0.3) is 5.91 Å². The molecule has 48 heavy (non-hydrogen) atoms. The van der Waals surface area contributed by atoms with Gasteiger partial charge in [0, 0.05) is 68.0 Å². The molecular formula is C35H36F2N8O3. The van der Waals surface area contributed by atoms with Gasteiger partial charge in [0.05, 0.1) is 42.9 Å². The number of fused-ring (bicyclic) bond motifs is 4. The number of anilines is 1. The van der Waals surface area contributed by atoms with Gasteiger partial charge in [-0.25, -0.2) is 8.78 Å². The Kier molecular flexibility index (Phi) is 8.39. The lowest BCUT2D eigenvalue weighted by Crippen LogP contribution is -2.48. The second-order valence-electron chi connectivity index (χ2n) is 13.0. The molecular weight excluding hydrogens is 618 g/mol. The van der Waals surface area contributed by atoms with Gasteiger partial charge in [0.2, 0.25) is 0 Å². The number of carbonyl (C=O) groups is 1. The summed E-state index contributed by atoms with van der Waals surface area (Å²) in [5.41, 5.74) is -0.223. The molecule has 2 fully saturated rings. The Bertz CT molecular complexity index is 1970. The first kappa shape index (κ1) is 31.8. The van der Waals surface area contributed by atoms with Crippen LogP contribution in [0.2, 0.25) is 0 Å². The molecule has 2 atom stereocenters. The summed E-state index contributed by atoms with van der Waals surface area (Å²) in [5, 5.41) is 11.6. The number of nitriles is 1. The van der Waals surface area contributed by atoms with E-state index >= 15 is 4.39 Å². The Balaban J connectivity index is 1.27. The monoisotopic (exact) mass is 654 g/mol. The average molecular weight is 655 g/mol. The van der Waals surface area contributed by atoms with E-state index in [1.54, 1.807) is 23.5 Å². The maximum atomic E-state index is 16.7. The van der Waals surface area contributed by atoms with Crippen LogP contribution in [-0.2, 0) is 9.53 Å². The molecule has 6 heterocycles. The fourth-order valence-corrected chi connectivity index (χ4v) is 6.89. The molecule has 7 rings (SSSR count). The van der Waals surface area contributed by atoms with Crippen molar-refractivity contribution >= 4 is 33.4 Å². The Morgan fingerprint density at radius 3 is 2.81 bits per heavy atom. The van der Waals surface area contributed by atoms with Crippen molar-refractivity contribution < 1.29 is 23.0 Å². The first-order valence-electron chi connectivity index (χ1n) is 16.2. The molecule has 0 saturated carbocycles. The number of ether oxygens (including phenoxy) is 2. The molecule has 2 saturated heterocycles. The standard InChI is InChI=1S/C35H36F2N8O3/c1-21-6-4-7-22-15-39-16-26(28(21)22)30-29(36)31-27(17-40-30)32(44-11-12-45(23(18-44)8-9-38)33(46)35(2,3)37)42-34(41-31)47-13-5-10-43-19-25-14-24(43)20-48-25/h4,6-7,15-18,24-25H,5,8,10-14,19-20H2,1-3H3/t24-,25-/m0/s1. The minimum absolute atomic E-state index is 0.00863.